The van der Waals surface area contributed by atoms with Gasteiger partial charge in [0.1, 0.15) is 0 Å². The van der Waals surface area contributed by atoms with Gasteiger partial charge in [-0.15, -0.1) is 0 Å². The molecule has 0 spiro atoms. The minimum absolute atomic E-state index is 0.361. The molecule has 0 aliphatic carbocycles. The first-order chi connectivity index (χ1) is 4.70. The molecule has 60 valence electrons. The number of carbonyl (C=O) groups is 1. The van der Waals surface area contributed by atoms with Crippen molar-refractivity contribution in [2.24, 2.45) is 5.90 Å². The van der Waals surface area contributed by atoms with Crippen LogP contribution in [0.4, 0.5) is 0 Å². The van der Waals surface area contributed by atoms with Crippen molar-refractivity contribution in [2.45, 2.75) is 13.3 Å². The highest BCUT2D eigenvalue weighted by Crippen LogP contribution is 1.87. The molecule has 0 rings (SSSR count). The maximum Gasteiger partial charge on any atom is 0.325 e. The minimum Gasteiger partial charge on any atom is -0.373 e. The summed E-state index contributed by atoms with van der Waals surface area (Å²) in [5.41, 5.74) is 0. The summed E-state index contributed by atoms with van der Waals surface area (Å²) < 4.78 is 0. The van der Waals surface area contributed by atoms with Crippen LogP contribution in [-0.2, 0) is 9.63 Å². The second-order valence-electron chi connectivity index (χ2n) is 2.14. The van der Waals surface area contributed by atoms with Gasteiger partial charge < -0.3 is 9.74 Å². The van der Waals surface area contributed by atoms with E-state index in [9.17, 15) is 4.79 Å². The number of hydrogen-bond donors (Lipinski definition) is 1. The van der Waals surface area contributed by atoms with E-state index in [-0.39, 0.29) is 5.97 Å². The van der Waals surface area contributed by atoms with Crippen molar-refractivity contribution in [2.75, 3.05) is 20.1 Å². The van der Waals surface area contributed by atoms with Crippen molar-refractivity contribution < 1.29 is 9.63 Å². The second kappa shape index (κ2) is 5.20. The number of hydrogen-bond acceptors (Lipinski definition) is 4. The summed E-state index contributed by atoms with van der Waals surface area (Å²) in [7, 11) is 1.93. The van der Waals surface area contributed by atoms with Crippen LogP contribution in [0, 0.1) is 0 Å². The van der Waals surface area contributed by atoms with Crippen LogP contribution in [0.25, 0.3) is 0 Å². The van der Waals surface area contributed by atoms with E-state index >= 15 is 0 Å². The van der Waals surface area contributed by atoms with E-state index in [1.54, 1.807) is 0 Å². The van der Waals surface area contributed by atoms with E-state index in [2.05, 4.69) is 10.7 Å². The van der Waals surface area contributed by atoms with Gasteiger partial charge in [0.05, 0.1) is 6.42 Å². The SMILES string of the molecule is CCN(C)CCC(=O)ON. The number of rotatable bonds is 4. The average Bonchev–Trinajstić information content (AvgIpc) is 1.99. The Kier molecular flexibility index (Phi) is 4.88. The van der Waals surface area contributed by atoms with E-state index in [0.717, 1.165) is 6.54 Å². The van der Waals surface area contributed by atoms with E-state index in [1.165, 1.54) is 0 Å². The summed E-state index contributed by atoms with van der Waals surface area (Å²) in [5, 5.41) is 0. The Morgan fingerprint density at radius 3 is 2.70 bits per heavy atom. The zero-order valence-corrected chi connectivity index (χ0v) is 6.46. The Morgan fingerprint density at radius 1 is 1.70 bits per heavy atom. The first kappa shape index (κ1) is 9.39. The summed E-state index contributed by atoms with van der Waals surface area (Å²) in [6.45, 7) is 3.65. The average molecular weight is 146 g/mol. The third-order valence-electron chi connectivity index (χ3n) is 1.37. The highest BCUT2D eigenvalue weighted by atomic mass is 16.7. The van der Waals surface area contributed by atoms with Gasteiger partial charge in [-0.2, -0.15) is 5.90 Å². The van der Waals surface area contributed by atoms with Crippen molar-refractivity contribution >= 4 is 5.97 Å². The van der Waals surface area contributed by atoms with Crippen LogP contribution in [0.1, 0.15) is 13.3 Å². The fourth-order valence-corrected chi connectivity index (χ4v) is 0.499. The van der Waals surface area contributed by atoms with Crippen molar-refractivity contribution in [1.82, 2.24) is 4.90 Å². The van der Waals surface area contributed by atoms with Gasteiger partial charge in [-0.1, -0.05) is 6.92 Å². The van der Waals surface area contributed by atoms with E-state index in [4.69, 9.17) is 0 Å². The summed E-state index contributed by atoms with van der Waals surface area (Å²) in [4.78, 5) is 16.4. The van der Waals surface area contributed by atoms with Crippen molar-refractivity contribution in [3.63, 3.8) is 0 Å². The van der Waals surface area contributed by atoms with Crippen LogP contribution >= 0.6 is 0 Å². The van der Waals surface area contributed by atoms with E-state index < -0.39 is 0 Å². The molecule has 0 aromatic rings. The molecule has 0 radical (unpaired) electrons. The zero-order chi connectivity index (χ0) is 7.98. The predicted molar refractivity (Wildman–Crippen MR) is 38.1 cm³/mol. The summed E-state index contributed by atoms with van der Waals surface area (Å²) in [6, 6.07) is 0. The fraction of sp³-hybridized carbons (Fsp3) is 0.833. The van der Waals surface area contributed by atoms with Gasteiger partial charge in [-0.3, -0.25) is 4.79 Å². The van der Waals surface area contributed by atoms with Gasteiger partial charge in [0.25, 0.3) is 0 Å². The second-order valence-corrected chi connectivity index (χ2v) is 2.14. The molecule has 4 heteroatoms. The molecule has 0 saturated carbocycles. The Labute approximate surface area is 60.9 Å². The molecule has 0 saturated heterocycles. The van der Waals surface area contributed by atoms with Gasteiger partial charge in [-0.25, -0.2) is 0 Å². The maximum atomic E-state index is 10.5. The smallest absolute Gasteiger partial charge is 0.325 e. The Balaban J connectivity index is 3.26. The molecule has 0 amide bonds. The van der Waals surface area contributed by atoms with E-state index in [0.29, 0.717) is 13.0 Å². The Hall–Kier alpha value is -0.610. The number of carbonyl (C=O) groups excluding carboxylic acids is 1. The lowest BCUT2D eigenvalue weighted by atomic mass is 10.4. The van der Waals surface area contributed by atoms with Crippen LogP contribution in [0.15, 0.2) is 0 Å². The Bertz CT molecular complexity index is 106. The molecule has 0 atom stereocenters. The van der Waals surface area contributed by atoms with Crippen LogP contribution in [0.5, 0.6) is 0 Å². The topological polar surface area (TPSA) is 55.6 Å². The van der Waals surface area contributed by atoms with Gasteiger partial charge in [-0.05, 0) is 13.6 Å². The lowest BCUT2D eigenvalue weighted by Gasteiger charge is -2.11. The van der Waals surface area contributed by atoms with Crippen LogP contribution in [0.2, 0.25) is 0 Å². The molecule has 2 N–H and O–H groups in total. The standard InChI is InChI=1S/C6H14N2O2/c1-3-8(2)5-4-6(9)10-7/h3-5,7H2,1-2H3. The normalized spacial score (nSPS) is 10.0. The largest absolute Gasteiger partial charge is 0.373 e. The van der Waals surface area contributed by atoms with Gasteiger partial charge in [0.15, 0.2) is 0 Å². The highest BCUT2D eigenvalue weighted by molar-refractivity contribution is 5.69. The van der Waals surface area contributed by atoms with Crippen LogP contribution < -0.4 is 5.90 Å². The van der Waals surface area contributed by atoms with Crippen LogP contribution in [-0.4, -0.2) is 31.0 Å². The Morgan fingerprint density at radius 2 is 2.30 bits per heavy atom. The molecule has 0 fully saturated rings. The number of nitrogens with two attached hydrogens (primary N) is 1. The molecule has 0 aliphatic rings. The molecule has 0 heterocycles. The molecule has 10 heavy (non-hydrogen) atoms. The van der Waals surface area contributed by atoms with Crippen molar-refractivity contribution in [3.8, 4) is 0 Å². The molecular weight excluding hydrogens is 132 g/mol. The third kappa shape index (κ3) is 4.29. The lowest BCUT2D eigenvalue weighted by molar-refractivity contribution is -0.144. The fourth-order valence-electron chi connectivity index (χ4n) is 0.499. The zero-order valence-electron chi connectivity index (χ0n) is 6.46. The van der Waals surface area contributed by atoms with Gasteiger partial charge >= 0.3 is 5.97 Å². The number of nitrogens with zero attached hydrogens (tertiary/aromatic N) is 1. The monoisotopic (exact) mass is 146 g/mol. The molecule has 0 bridgehead atoms. The summed E-state index contributed by atoms with van der Waals surface area (Å²) in [5.74, 6) is 4.27. The molecule has 0 aromatic carbocycles. The molecule has 0 aromatic heterocycles. The van der Waals surface area contributed by atoms with Crippen LogP contribution in [0.3, 0.4) is 0 Å². The third-order valence-corrected chi connectivity index (χ3v) is 1.37. The molecule has 4 nitrogen and oxygen atoms in total. The highest BCUT2D eigenvalue weighted by Gasteiger charge is 2.01. The first-order valence-electron chi connectivity index (χ1n) is 3.28. The predicted octanol–water partition coefficient (Wildman–Crippen LogP) is -0.255. The minimum atomic E-state index is -0.361. The van der Waals surface area contributed by atoms with Gasteiger partial charge in [0, 0.05) is 6.54 Å². The lowest BCUT2D eigenvalue weighted by Crippen LogP contribution is -2.23. The summed E-state index contributed by atoms with van der Waals surface area (Å²) in [6.07, 6.45) is 0.362. The van der Waals surface area contributed by atoms with E-state index in [1.807, 2.05) is 18.9 Å². The molecule has 0 aliphatic heterocycles. The molecular formula is C6H14N2O2. The van der Waals surface area contributed by atoms with Gasteiger partial charge in [0.2, 0.25) is 0 Å². The van der Waals surface area contributed by atoms with Crippen molar-refractivity contribution in [3.05, 3.63) is 0 Å². The molecule has 0 unspecified atom stereocenters. The first-order valence-corrected chi connectivity index (χ1v) is 3.28. The quantitative estimate of drug-likeness (QED) is 0.555. The van der Waals surface area contributed by atoms with Crippen molar-refractivity contribution in [1.29, 1.82) is 0 Å². The summed E-state index contributed by atoms with van der Waals surface area (Å²) >= 11 is 0. The maximum absolute atomic E-state index is 10.5.